The summed E-state index contributed by atoms with van der Waals surface area (Å²) in [7, 11) is 0. The largest absolute Gasteiger partial charge is 0.310 e. The highest BCUT2D eigenvalue weighted by Crippen LogP contribution is 2.52. The molecule has 1 aliphatic carbocycles. The van der Waals surface area contributed by atoms with Crippen molar-refractivity contribution in [3.8, 4) is 39.1 Å². The van der Waals surface area contributed by atoms with E-state index in [4.69, 9.17) is 0 Å². The fraction of sp³-hybridized carbons (Fsp3) is 0.0448. The molecule has 3 heteroatoms. The molecule has 0 atom stereocenters. The summed E-state index contributed by atoms with van der Waals surface area (Å²) in [6, 6.07) is 95.6. The number of para-hydroxylation sites is 4. The van der Waals surface area contributed by atoms with Gasteiger partial charge in [0.2, 0.25) is 0 Å². The van der Waals surface area contributed by atoms with Crippen LogP contribution in [0.4, 0.5) is 34.1 Å². The zero-order valence-corrected chi connectivity index (χ0v) is 39.2. The standard InChI is InChI=1S/C67H49N3/c1-67(2)62-35-21-20-34-58(62)59-39-37-54(45-63(59)67)69(52-29-14-6-15-30-52)56-41-49(40-55(44-56)68(50-25-10-4-11-26-50)51-27-12-5-13-28-51)61-42-48(46-22-8-3-9-23-46)43-64-65(61)60-38-36-47-24-18-19-33-57(47)66(60)70(64)53-31-16-7-17-32-53/h3-45H,1-2H3. The molecule has 0 saturated carbocycles. The van der Waals surface area contributed by atoms with Crippen molar-refractivity contribution in [1.29, 1.82) is 0 Å². The van der Waals surface area contributed by atoms with Crippen molar-refractivity contribution in [2.24, 2.45) is 0 Å². The Labute approximate surface area is 409 Å². The maximum atomic E-state index is 2.49. The molecule has 12 aromatic rings. The van der Waals surface area contributed by atoms with Crippen LogP contribution in [-0.4, -0.2) is 4.57 Å². The first kappa shape index (κ1) is 41.3. The second-order valence-electron chi connectivity index (χ2n) is 19.0. The van der Waals surface area contributed by atoms with E-state index in [-0.39, 0.29) is 5.41 Å². The van der Waals surface area contributed by atoms with Crippen molar-refractivity contribution >= 4 is 66.7 Å². The van der Waals surface area contributed by atoms with Crippen molar-refractivity contribution in [2.45, 2.75) is 19.3 Å². The summed E-state index contributed by atoms with van der Waals surface area (Å²) in [5.41, 5.74) is 19.7. The van der Waals surface area contributed by atoms with E-state index in [2.05, 4.69) is 289 Å². The van der Waals surface area contributed by atoms with Crippen LogP contribution in [0.25, 0.3) is 71.6 Å². The average molecular weight is 896 g/mol. The lowest BCUT2D eigenvalue weighted by Crippen LogP contribution is -2.17. The Hall–Kier alpha value is -8.92. The van der Waals surface area contributed by atoms with Crippen LogP contribution >= 0.6 is 0 Å². The molecule has 13 rings (SSSR count). The number of anilines is 6. The summed E-state index contributed by atoms with van der Waals surface area (Å²) in [5, 5.41) is 4.85. The Morgan fingerprint density at radius 1 is 0.329 bits per heavy atom. The number of benzene rings is 11. The number of hydrogen-bond donors (Lipinski definition) is 0. The zero-order valence-electron chi connectivity index (χ0n) is 39.2. The van der Waals surface area contributed by atoms with Crippen molar-refractivity contribution < 1.29 is 0 Å². The van der Waals surface area contributed by atoms with Crippen LogP contribution in [0.5, 0.6) is 0 Å². The first-order chi connectivity index (χ1) is 34.5. The molecule has 332 valence electrons. The molecule has 11 aromatic carbocycles. The average Bonchev–Trinajstić information content (AvgIpc) is 3.88. The van der Waals surface area contributed by atoms with E-state index < -0.39 is 0 Å². The van der Waals surface area contributed by atoms with Gasteiger partial charge in [-0.25, -0.2) is 0 Å². The third-order valence-electron chi connectivity index (χ3n) is 14.5. The quantitative estimate of drug-likeness (QED) is 0.143. The summed E-state index contributed by atoms with van der Waals surface area (Å²) in [5.74, 6) is 0. The van der Waals surface area contributed by atoms with Crippen LogP contribution in [0.2, 0.25) is 0 Å². The van der Waals surface area contributed by atoms with Crippen molar-refractivity contribution in [3.63, 3.8) is 0 Å². The van der Waals surface area contributed by atoms with Gasteiger partial charge >= 0.3 is 0 Å². The molecule has 0 unspecified atom stereocenters. The van der Waals surface area contributed by atoms with Crippen molar-refractivity contribution in [2.75, 3.05) is 9.80 Å². The summed E-state index contributed by atoms with van der Waals surface area (Å²) >= 11 is 0. The maximum Gasteiger partial charge on any atom is 0.0619 e. The molecule has 0 saturated heterocycles. The number of hydrogen-bond acceptors (Lipinski definition) is 2. The minimum atomic E-state index is -0.171. The third-order valence-corrected chi connectivity index (χ3v) is 14.5. The maximum absolute atomic E-state index is 2.49. The van der Waals surface area contributed by atoms with E-state index in [9.17, 15) is 0 Å². The second-order valence-corrected chi connectivity index (χ2v) is 19.0. The van der Waals surface area contributed by atoms with Gasteiger partial charge in [-0.05, 0) is 141 Å². The second kappa shape index (κ2) is 16.7. The van der Waals surface area contributed by atoms with Gasteiger partial charge in [0.1, 0.15) is 0 Å². The van der Waals surface area contributed by atoms with Gasteiger partial charge in [-0.1, -0.05) is 184 Å². The van der Waals surface area contributed by atoms with Crippen LogP contribution in [0, 0.1) is 0 Å². The lowest BCUT2D eigenvalue weighted by atomic mass is 9.82. The van der Waals surface area contributed by atoms with Crippen molar-refractivity contribution in [3.05, 3.63) is 272 Å². The smallest absolute Gasteiger partial charge is 0.0619 e. The minimum Gasteiger partial charge on any atom is -0.310 e. The molecule has 0 amide bonds. The summed E-state index contributed by atoms with van der Waals surface area (Å²) in [6.45, 7) is 4.73. The fourth-order valence-corrected chi connectivity index (χ4v) is 11.2. The van der Waals surface area contributed by atoms with Crippen LogP contribution in [0.1, 0.15) is 25.0 Å². The van der Waals surface area contributed by atoms with E-state index in [1.807, 2.05) is 0 Å². The molecular formula is C67H49N3. The highest BCUT2D eigenvalue weighted by molar-refractivity contribution is 6.23. The molecule has 1 aromatic heterocycles. The van der Waals surface area contributed by atoms with Crippen LogP contribution in [0.3, 0.4) is 0 Å². The fourth-order valence-electron chi connectivity index (χ4n) is 11.2. The summed E-state index contributed by atoms with van der Waals surface area (Å²) < 4.78 is 2.49. The Bertz CT molecular complexity index is 3860. The van der Waals surface area contributed by atoms with Gasteiger partial charge in [0.05, 0.1) is 11.0 Å². The van der Waals surface area contributed by atoms with Crippen LogP contribution in [-0.2, 0) is 5.41 Å². The molecule has 70 heavy (non-hydrogen) atoms. The normalized spacial score (nSPS) is 12.5. The van der Waals surface area contributed by atoms with E-state index in [1.54, 1.807) is 0 Å². The molecule has 3 nitrogen and oxygen atoms in total. The van der Waals surface area contributed by atoms with E-state index in [0.717, 1.165) is 62.0 Å². The summed E-state index contributed by atoms with van der Waals surface area (Å²) in [4.78, 5) is 4.86. The van der Waals surface area contributed by atoms with Gasteiger partial charge in [-0.15, -0.1) is 0 Å². The number of nitrogens with zero attached hydrogens (tertiary/aromatic N) is 3. The third kappa shape index (κ3) is 6.81. The van der Waals surface area contributed by atoms with Gasteiger partial charge < -0.3 is 14.4 Å². The topological polar surface area (TPSA) is 11.4 Å². The number of fused-ring (bicyclic) bond motifs is 8. The molecule has 0 N–H and O–H groups in total. The predicted molar refractivity (Wildman–Crippen MR) is 296 cm³/mol. The Kier molecular flexibility index (Phi) is 9.85. The van der Waals surface area contributed by atoms with Gasteiger partial charge in [0, 0.05) is 61.4 Å². The Morgan fingerprint density at radius 2 is 0.871 bits per heavy atom. The van der Waals surface area contributed by atoms with Crippen LogP contribution in [0.15, 0.2) is 261 Å². The molecule has 0 radical (unpaired) electrons. The molecule has 0 aliphatic heterocycles. The van der Waals surface area contributed by atoms with Crippen molar-refractivity contribution in [1.82, 2.24) is 4.57 Å². The minimum absolute atomic E-state index is 0.171. The highest BCUT2D eigenvalue weighted by atomic mass is 15.2. The lowest BCUT2D eigenvalue weighted by Gasteiger charge is -2.31. The monoisotopic (exact) mass is 895 g/mol. The first-order valence-corrected chi connectivity index (χ1v) is 24.3. The SMILES string of the molecule is CC1(C)c2ccccc2-c2ccc(N(c3ccccc3)c3cc(-c4cc(-c5ccccc5)cc5c4c4ccc6ccccc6c4n5-c4ccccc4)cc(N(c4ccccc4)c4ccccc4)c3)cc21. The van der Waals surface area contributed by atoms with Gasteiger partial charge in [0.25, 0.3) is 0 Å². The van der Waals surface area contributed by atoms with Gasteiger partial charge in [0.15, 0.2) is 0 Å². The Morgan fingerprint density at radius 3 is 1.53 bits per heavy atom. The number of rotatable bonds is 9. The van der Waals surface area contributed by atoms with E-state index >= 15 is 0 Å². The van der Waals surface area contributed by atoms with E-state index in [0.29, 0.717) is 0 Å². The lowest BCUT2D eigenvalue weighted by molar-refractivity contribution is 0.660. The molecule has 0 fully saturated rings. The molecule has 0 bridgehead atoms. The zero-order chi connectivity index (χ0) is 46.8. The van der Waals surface area contributed by atoms with Gasteiger partial charge in [-0.3, -0.25) is 0 Å². The molecule has 0 spiro atoms. The molecular weight excluding hydrogens is 847 g/mol. The molecule has 1 aliphatic rings. The predicted octanol–water partition coefficient (Wildman–Crippen LogP) is 18.5. The first-order valence-electron chi connectivity index (χ1n) is 24.3. The van der Waals surface area contributed by atoms with E-state index in [1.165, 1.54) is 54.9 Å². The highest BCUT2D eigenvalue weighted by Gasteiger charge is 2.36. The summed E-state index contributed by atoms with van der Waals surface area (Å²) in [6.07, 6.45) is 0. The molecule has 1 heterocycles. The Balaban J connectivity index is 1.15. The van der Waals surface area contributed by atoms with Crippen LogP contribution < -0.4 is 9.80 Å². The van der Waals surface area contributed by atoms with Gasteiger partial charge in [-0.2, -0.15) is 0 Å². The number of aromatic nitrogens is 1.